The van der Waals surface area contributed by atoms with Gasteiger partial charge >= 0.3 is 6.03 Å². The van der Waals surface area contributed by atoms with Gasteiger partial charge in [-0.25, -0.2) is 4.79 Å². The Bertz CT molecular complexity index is 337. The van der Waals surface area contributed by atoms with Crippen LogP contribution >= 0.6 is 0 Å². The van der Waals surface area contributed by atoms with Gasteiger partial charge in [-0.05, 0) is 0 Å². The zero-order valence-electron chi connectivity index (χ0n) is 9.04. The van der Waals surface area contributed by atoms with Crippen molar-refractivity contribution in [1.29, 1.82) is 5.41 Å². The van der Waals surface area contributed by atoms with Crippen LogP contribution in [0.5, 0.6) is 0 Å². The number of hydrogen-bond donors (Lipinski definition) is 5. The van der Waals surface area contributed by atoms with Gasteiger partial charge in [0.1, 0.15) is 24.3 Å². The molecule has 2 fully saturated rings. The Balaban J connectivity index is 2.03. The largest absolute Gasteiger partial charge is 0.394 e. The maximum absolute atomic E-state index is 11.6. The topological polar surface area (TPSA) is 126 Å². The zero-order chi connectivity index (χ0) is 12.6. The van der Waals surface area contributed by atoms with E-state index in [9.17, 15) is 15.0 Å². The summed E-state index contributed by atoms with van der Waals surface area (Å²) in [5.41, 5.74) is 0. The third kappa shape index (κ3) is 2.25. The zero-order valence-corrected chi connectivity index (χ0v) is 9.04. The van der Waals surface area contributed by atoms with Gasteiger partial charge in [-0.15, -0.1) is 0 Å². The molecule has 2 saturated heterocycles. The van der Waals surface area contributed by atoms with Gasteiger partial charge < -0.3 is 20.1 Å². The van der Waals surface area contributed by atoms with Crippen molar-refractivity contribution in [3.05, 3.63) is 0 Å². The van der Waals surface area contributed by atoms with E-state index in [2.05, 4.69) is 5.32 Å². The minimum Gasteiger partial charge on any atom is -0.394 e. The molecule has 0 aliphatic carbocycles. The molecular formula is C9H15N3O5. The smallest absolute Gasteiger partial charge is 0.324 e. The number of aliphatic hydroxyl groups excluding tert-OH is 3. The molecular weight excluding hydrogens is 230 g/mol. The quantitative estimate of drug-likeness (QED) is 0.378. The number of rotatable bonds is 2. The van der Waals surface area contributed by atoms with E-state index in [-0.39, 0.29) is 25.4 Å². The normalized spacial score (nSPS) is 38.4. The van der Waals surface area contributed by atoms with E-state index in [1.165, 1.54) is 4.90 Å². The van der Waals surface area contributed by atoms with Crippen molar-refractivity contribution in [2.75, 3.05) is 13.2 Å². The Morgan fingerprint density at radius 1 is 1.53 bits per heavy atom. The van der Waals surface area contributed by atoms with Crippen LogP contribution in [-0.2, 0) is 4.74 Å². The average molecular weight is 245 g/mol. The highest BCUT2D eigenvalue weighted by molar-refractivity contribution is 6.00. The first-order valence-corrected chi connectivity index (χ1v) is 5.31. The van der Waals surface area contributed by atoms with Crippen LogP contribution in [0.2, 0.25) is 0 Å². The van der Waals surface area contributed by atoms with Crippen LogP contribution in [0.3, 0.4) is 0 Å². The third-order valence-electron chi connectivity index (χ3n) is 2.94. The molecule has 2 aliphatic rings. The number of nitrogens with one attached hydrogen (secondary N) is 2. The Morgan fingerprint density at radius 3 is 2.82 bits per heavy atom. The van der Waals surface area contributed by atoms with E-state index >= 15 is 0 Å². The third-order valence-corrected chi connectivity index (χ3v) is 2.94. The lowest BCUT2D eigenvalue weighted by atomic mass is 10.1. The minimum atomic E-state index is -1.08. The number of carbonyl (C=O) groups excluding carboxylic acids is 1. The van der Waals surface area contributed by atoms with Crippen molar-refractivity contribution in [3.8, 4) is 0 Å². The highest BCUT2D eigenvalue weighted by Gasteiger charge is 2.41. The van der Waals surface area contributed by atoms with Gasteiger partial charge in [-0.1, -0.05) is 0 Å². The second-order valence-electron chi connectivity index (χ2n) is 4.13. The summed E-state index contributed by atoms with van der Waals surface area (Å²) in [5, 5.41) is 37.4. The summed E-state index contributed by atoms with van der Waals surface area (Å²) in [6, 6.07) is -0.545. The molecule has 0 aromatic rings. The van der Waals surface area contributed by atoms with Crippen LogP contribution in [-0.4, -0.2) is 69.8 Å². The van der Waals surface area contributed by atoms with Gasteiger partial charge in [0.25, 0.3) is 0 Å². The fourth-order valence-electron chi connectivity index (χ4n) is 1.95. The first-order valence-electron chi connectivity index (χ1n) is 5.31. The summed E-state index contributed by atoms with van der Waals surface area (Å²) in [6.07, 6.45) is -3.15. The van der Waals surface area contributed by atoms with Gasteiger partial charge in [0.05, 0.1) is 19.3 Å². The Kier molecular flexibility index (Phi) is 3.29. The van der Waals surface area contributed by atoms with E-state index in [1.807, 2.05) is 0 Å². The highest BCUT2D eigenvalue weighted by Crippen LogP contribution is 2.24. The molecule has 0 aromatic heterocycles. The van der Waals surface area contributed by atoms with E-state index in [0.29, 0.717) is 0 Å². The molecule has 2 heterocycles. The summed E-state index contributed by atoms with van der Waals surface area (Å²) in [6.45, 7) is -0.383. The van der Waals surface area contributed by atoms with Crippen molar-refractivity contribution >= 4 is 11.9 Å². The number of ether oxygens (including phenoxy) is 1. The van der Waals surface area contributed by atoms with Crippen LogP contribution in [0, 0.1) is 5.41 Å². The number of urea groups is 1. The Hall–Kier alpha value is -1.22. The monoisotopic (exact) mass is 245 g/mol. The number of nitrogens with zero attached hydrogens (tertiary/aromatic N) is 1. The fraction of sp³-hybridized carbons (Fsp3) is 0.778. The number of β-amino-alcohol motifs (C(OH)–C–C–N with tert-alkyl or cyclic N) is 1. The van der Waals surface area contributed by atoms with Gasteiger partial charge in [0, 0.05) is 6.42 Å². The first kappa shape index (κ1) is 12.2. The summed E-state index contributed by atoms with van der Waals surface area (Å²) in [4.78, 5) is 12.8. The van der Waals surface area contributed by atoms with Gasteiger partial charge in [-0.2, -0.15) is 0 Å². The predicted molar refractivity (Wildman–Crippen MR) is 55.3 cm³/mol. The average Bonchev–Trinajstić information content (AvgIpc) is 2.65. The summed E-state index contributed by atoms with van der Waals surface area (Å²) < 4.78 is 5.30. The van der Waals surface area contributed by atoms with Crippen LogP contribution in [0.25, 0.3) is 0 Å². The molecule has 4 atom stereocenters. The van der Waals surface area contributed by atoms with Crippen LogP contribution in [0.4, 0.5) is 4.79 Å². The predicted octanol–water partition coefficient (Wildman–Crippen LogP) is -2.18. The number of hydrogen-bond acceptors (Lipinski definition) is 6. The van der Waals surface area contributed by atoms with Crippen LogP contribution in [0.15, 0.2) is 0 Å². The maximum atomic E-state index is 11.6. The van der Waals surface area contributed by atoms with Gasteiger partial charge in [-0.3, -0.25) is 15.6 Å². The Morgan fingerprint density at radius 2 is 2.24 bits per heavy atom. The van der Waals surface area contributed by atoms with Crippen molar-refractivity contribution < 1.29 is 24.9 Å². The number of aliphatic hydroxyl groups is 3. The van der Waals surface area contributed by atoms with Crippen molar-refractivity contribution in [2.45, 2.75) is 31.0 Å². The summed E-state index contributed by atoms with van der Waals surface area (Å²) in [7, 11) is 0. The summed E-state index contributed by atoms with van der Waals surface area (Å²) in [5.74, 6) is -0.247. The molecule has 17 heavy (non-hydrogen) atoms. The molecule has 8 heteroatoms. The molecule has 0 spiro atoms. The minimum absolute atomic E-state index is 0.0554. The molecule has 0 saturated carbocycles. The molecule has 1 unspecified atom stereocenters. The van der Waals surface area contributed by atoms with Crippen molar-refractivity contribution in [2.24, 2.45) is 0 Å². The lowest BCUT2D eigenvalue weighted by Crippen LogP contribution is -2.59. The van der Waals surface area contributed by atoms with Gasteiger partial charge in [0.15, 0.2) is 0 Å². The molecule has 0 aromatic carbocycles. The molecule has 2 aliphatic heterocycles. The highest BCUT2D eigenvalue weighted by atomic mass is 16.5. The number of carbonyl (C=O) groups is 1. The van der Waals surface area contributed by atoms with Gasteiger partial charge in [0.2, 0.25) is 0 Å². The van der Waals surface area contributed by atoms with E-state index in [4.69, 9.17) is 15.3 Å². The maximum Gasteiger partial charge on any atom is 0.324 e. The molecule has 0 bridgehead atoms. The molecule has 5 N–H and O–H groups in total. The van der Waals surface area contributed by atoms with Crippen molar-refractivity contribution in [1.82, 2.24) is 10.2 Å². The van der Waals surface area contributed by atoms with E-state index in [1.54, 1.807) is 0 Å². The first-order chi connectivity index (χ1) is 8.02. The fourth-order valence-corrected chi connectivity index (χ4v) is 1.95. The Labute approximate surface area is 97.3 Å². The molecule has 8 nitrogen and oxygen atoms in total. The van der Waals surface area contributed by atoms with Crippen LogP contribution in [0.1, 0.15) is 6.42 Å². The second-order valence-corrected chi connectivity index (χ2v) is 4.13. The number of amidine groups is 1. The van der Waals surface area contributed by atoms with Crippen molar-refractivity contribution in [3.63, 3.8) is 0 Å². The SMILES string of the molecule is N=C1NC(=O)N([C@H]2C[C@H](O)[C@@H](CO)O2)CC1O. The molecule has 2 amide bonds. The standard InChI is InChI=1S/C9H15N3O5/c10-8-5(15)2-12(9(16)11-8)7-1-4(14)6(3-13)17-7/h4-7,13-15H,1-3H2,(H2,10,11,16)/t4-,5?,6+,7+/m0/s1. The molecule has 0 radical (unpaired) electrons. The number of amides is 2. The summed E-state index contributed by atoms with van der Waals surface area (Å²) >= 11 is 0. The lowest BCUT2D eigenvalue weighted by Gasteiger charge is -2.34. The van der Waals surface area contributed by atoms with Crippen LogP contribution < -0.4 is 5.32 Å². The van der Waals surface area contributed by atoms with E-state index in [0.717, 1.165) is 0 Å². The van der Waals surface area contributed by atoms with E-state index < -0.39 is 30.6 Å². The second kappa shape index (κ2) is 4.57. The lowest BCUT2D eigenvalue weighted by molar-refractivity contribution is -0.0701. The molecule has 96 valence electrons. The molecule has 2 rings (SSSR count).